The number of carbonyl (C=O) groups excluding carboxylic acids is 2. The lowest BCUT2D eigenvalue weighted by molar-refractivity contribution is -0.185. The van der Waals surface area contributed by atoms with E-state index in [0.717, 1.165) is 62.2 Å². The van der Waals surface area contributed by atoms with Crippen molar-refractivity contribution in [2.24, 2.45) is 5.92 Å². The van der Waals surface area contributed by atoms with Crippen LogP contribution in [0.1, 0.15) is 82.9 Å². The first-order chi connectivity index (χ1) is 20.3. The fourth-order valence-electron chi connectivity index (χ4n) is 6.42. The number of carbonyl (C=O) groups is 2. The standard InChI is InChI=1S/C35H46ClNO6/c1-7-8-9-10-11-19-37-22-34(18-12-13-25-20-27(36)15-16-28(25)34)23-42-30-17-14-26(21-29(30)37)35(40,32(39)41-6)24(2)31(38)43-33(3,4)5/h7,14-17,20-21,24,40H,1,8-13,18-19,22-23H2,2-6H3/t24-,34+,35+/m1/s1. The number of hydrogen-bond acceptors (Lipinski definition) is 7. The Kier molecular flexibility index (Phi) is 10.2. The zero-order chi connectivity index (χ0) is 31.4. The van der Waals surface area contributed by atoms with E-state index in [-0.39, 0.29) is 11.0 Å². The van der Waals surface area contributed by atoms with E-state index in [2.05, 4.69) is 23.6 Å². The van der Waals surface area contributed by atoms with E-state index < -0.39 is 29.1 Å². The van der Waals surface area contributed by atoms with Crippen LogP contribution >= 0.6 is 11.6 Å². The molecule has 3 atom stereocenters. The van der Waals surface area contributed by atoms with Crippen molar-refractivity contribution in [3.63, 3.8) is 0 Å². The molecule has 2 aromatic carbocycles. The SMILES string of the molecule is C=CCCCCCN1C[C@@]2(CCCc3cc(Cl)ccc32)COc2ccc([C@](O)(C(=O)OC)[C@H](C)C(=O)OC(C)(C)C)cc21. The zero-order valence-corrected chi connectivity index (χ0v) is 27.0. The van der Waals surface area contributed by atoms with Crippen LogP contribution in [-0.2, 0) is 36.5 Å². The topological polar surface area (TPSA) is 85.3 Å². The van der Waals surface area contributed by atoms with Gasteiger partial charge in [-0.15, -0.1) is 6.58 Å². The van der Waals surface area contributed by atoms with Crippen LogP contribution in [-0.4, -0.2) is 49.5 Å². The number of halogens is 1. The lowest BCUT2D eigenvalue weighted by Crippen LogP contribution is -2.48. The van der Waals surface area contributed by atoms with Gasteiger partial charge in [0, 0.05) is 23.5 Å². The van der Waals surface area contributed by atoms with Crippen LogP contribution in [0.2, 0.25) is 5.02 Å². The zero-order valence-electron chi connectivity index (χ0n) is 26.2. The van der Waals surface area contributed by atoms with E-state index in [0.29, 0.717) is 18.9 Å². The minimum Gasteiger partial charge on any atom is -0.490 e. The molecule has 1 aliphatic carbocycles. The molecule has 1 spiro atoms. The Bertz CT molecular complexity index is 1340. The van der Waals surface area contributed by atoms with E-state index in [1.54, 1.807) is 39.0 Å². The lowest BCUT2D eigenvalue weighted by atomic mass is 9.70. The average molecular weight is 612 g/mol. The first kappa shape index (κ1) is 32.9. The highest BCUT2D eigenvalue weighted by Crippen LogP contribution is 2.46. The first-order valence-electron chi connectivity index (χ1n) is 15.3. The van der Waals surface area contributed by atoms with Gasteiger partial charge in [-0.1, -0.05) is 36.2 Å². The minimum absolute atomic E-state index is 0.249. The number of hydrogen-bond donors (Lipinski definition) is 1. The fourth-order valence-corrected chi connectivity index (χ4v) is 6.61. The Morgan fingerprint density at radius 3 is 2.65 bits per heavy atom. The van der Waals surface area contributed by atoms with Gasteiger partial charge < -0.3 is 24.2 Å². The normalized spacial score (nSPS) is 20.1. The highest BCUT2D eigenvalue weighted by Gasteiger charge is 2.50. The van der Waals surface area contributed by atoms with Gasteiger partial charge in [-0.2, -0.15) is 0 Å². The van der Waals surface area contributed by atoms with E-state index in [4.69, 9.17) is 25.8 Å². The van der Waals surface area contributed by atoms with Gasteiger partial charge in [0.2, 0.25) is 5.60 Å². The Hall–Kier alpha value is -3.03. The van der Waals surface area contributed by atoms with Gasteiger partial charge in [0.05, 0.1) is 25.3 Å². The highest BCUT2D eigenvalue weighted by atomic mass is 35.5. The molecular formula is C35H46ClNO6. The number of nitrogens with zero attached hydrogens (tertiary/aromatic N) is 1. The molecule has 234 valence electrons. The number of aliphatic hydroxyl groups is 1. The molecular weight excluding hydrogens is 566 g/mol. The van der Waals surface area contributed by atoms with Crippen molar-refractivity contribution in [1.29, 1.82) is 0 Å². The number of rotatable bonds is 10. The number of anilines is 1. The summed E-state index contributed by atoms with van der Waals surface area (Å²) in [6, 6.07) is 11.4. The Morgan fingerprint density at radius 2 is 1.95 bits per heavy atom. The molecule has 2 aromatic rings. The number of unbranched alkanes of at least 4 members (excludes halogenated alkanes) is 3. The Balaban J connectivity index is 1.77. The molecule has 0 amide bonds. The van der Waals surface area contributed by atoms with Gasteiger partial charge in [-0.05, 0) is 107 Å². The molecule has 1 aliphatic heterocycles. The lowest BCUT2D eigenvalue weighted by Gasteiger charge is -2.41. The molecule has 0 unspecified atom stereocenters. The second-order valence-corrected chi connectivity index (χ2v) is 13.4. The summed E-state index contributed by atoms with van der Waals surface area (Å²) in [6.07, 6.45) is 8.94. The molecule has 0 radical (unpaired) electrons. The van der Waals surface area contributed by atoms with Crippen molar-refractivity contribution in [2.75, 3.05) is 31.7 Å². The van der Waals surface area contributed by atoms with Crippen LogP contribution in [0.15, 0.2) is 49.1 Å². The number of benzene rings is 2. The molecule has 0 saturated carbocycles. The van der Waals surface area contributed by atoms with Crippen LogP contribution in [0.5, 0.6) is 5.75 Å². The molecule has 0 fully saturated rings. The van der Waals surface area contributed by atoms with Gasteiger partial charge in [-0.25, -0.2) is 4.79 Å². The molecule has 0 bridgehead atoms. The van der Waals surface area contributed by atoms with Crippen molar-refractivity contribution in [3.05, 3.63) is 70.8 Å². The van der Waals surface area contributed by atoms with Gasteiger partial charge in [0.25, 0.3) is 0 Å². The van der Waals surface area contributed by atoms with E-state index in [9.17, 15) is 14.7 Å². The van der Waals surface area contributed by atoms with Gasteiger partial charge in [0.15, 0.2) is 0 Å². The summed E-state index contributed by atoms with van der Waals surface area (Å²) < 4.78 is 17.2. The summed E-state index contributed by atoms with van der Waals surface area (Å²) in [5.74, 6) is -2.17. The first-order valence-corrected chi connectivity index (χ1v) is 15.7. The number of methoxy groups -OCH3 is 1. The molecule has 0 aromatic heterocycles. The maximum Gasteiger partial charge on any atom is 0.343 e. The largest absolute Gasteiger partial charge is 0.490 e. The van der Waals surface area contributed by atoms with Gasteiger partial charge >= 0.3 is 11.9 Å². The number of fused-ring (bicyclic) bond motifs is 3. The van der Waals surface area contributed by atoms with Crippen LogP contribution in [0, 0.1) is 5.92 Å². The van der Waals surface area contributed by atoms with E-state index >= 15 is 0 Å². The quantitative estimate of drug-likeness (QED) is 0.178. The maximum atomic E-state index is 13.2. The smallest absolute Gasteiger partial charge is 0.343 e. The van der Waals surface area contributed by atoms with Crippen LogP contribution in [0.25, 0.3) is 0 Å². The summed E-state index contributed by atoms with van der Waals surface area (Å²) in [5.41, 5.74) is 0.243. The Labute approximate surface area is 261 Å². The summed E-state index contributed by atoms with van der Waals surface area (Å²) in [7, 11) is 1.20. The number of aryl methyl sites for hydroxylation is 1. The molecule has 1 N–H and O–H groups in total. The number of ether oxygens (including phenoxy) is 3. The second-order valence-electron chi connectivity index (χ2n) is 13.0. The van der Waals surface area contributed by atoms with Crippen molar-refractivity contribution < 1.29 is 28.9 Å². The molecule has 8 heteroatoms. The molecule has 0 saturated heterocycles. The van der Waals surface area contributed by atoms with Crippen molar-refractivity contribution in [3.8, 4) is 5.75 Å². The summed E-state index contributed by atoms with van der Waals surface area (Å²) in [5, 5.41) is 12.7. The van der Waals surface area contributed by atoms with E-state index in [1.807, 2.05) is 12.1 Å². The van der Waals surface area contributed by atoms with Crippen molar-refractivity contribution >= 4 is 29.2 Å². The molecule has 1 heterocycles. The van der Waals surface area contributed by atoms with Crippen LogP contribution in [0.3, 0.4) is 0 Å². The summed E-state index contributed by atoms with van der Waals surface area (Å²) in [6.45, 7) is 12.5. The summed E-state index contributed by atoms with van der Waals surface area (Å²) >= 11 is 6.39. The predicted molar refractivity (Wildman–Crippen MR) is 170 cm³/mol. The molecule has 2 aliphatic rings. The van der Waals surface area contributed by atoms with Gasteiger partial charge in [-0.3, -0.25) is 4.79 Å². The molecule has 4 rings (SSSR count). The monoisotopic (exact) mass is 611 g/mol. The third-order valence-electron chi connectivity index (χ3n) is 8.70. The minimum atomic E-state index is -2.26. The third kappa shape index (κ3) is 7.04. The number of esters is 2. The van der Waals surface area contributed by atoms with Crippen LogP contribution < -0.4 is 9.64 Å². The van der Waals surface area contributed by atoms with E-state index in [1.165, 1.54) is 25.2 Å². The second kappa shape index (κ2) is 13.3. The number of allylic oxidation sites excluding steroid dienone is 1. The highest BCUT2D eigenvalue weighted by molar-refractivity contribution is 6.30. The molecule has 43 heavy (non-hydrogen) atoms. The third-order valence-corrected chi connectivity index (χ3v) is 8.93. The Morgan fingerprint density at radius 1 is 1.19 bits per heavy atom. The maximum absolute atomic E-state index is 13.2. The van der Waals surface area contributed by atoms with Crippen molar-refractivity contribution in [2.45, 2.75) is 89.3 Å². The van der Waals surface area contributed by atoms with Crippen molar-refractivity contribution in [1.82, 2.24) is 0 Å². The molecule has 7 nitrogen and oxygen atoms in total. The summed E-state index contributed by atoms with van der Waals surface area (Å²) in [4.78, 5) is 28.7. The fraction of sp³-hybridized carbons (Fsp3) is 0.543. The average Bonchev–Trinajstić information content (AvgIpc) is 3.11. The predicted octanol–water partition coefficient (Wildman–Crippen LogP) is 6.90. The van der Waals surface area contributed by atoms with Gasteiger partial charge in [0.1, 0.15) is 11.4 Å². The van der Waals surface area contributed by atoms with Crippen LogP contribution in [0.4, 0.5) is 5.69 Å².